The van der Waals surface area contributed by atoms with Crippen molar-refractivity contribution < 1.29 is 8.42 Å². The lowest BCUT2D eigenvalue weighted by Gasteiger charge is -2.19. The number of hydrogen-bond donors (Lipinski definition) is 1. The molecule has 0 saturated heterocycles. The van der Waals surface area contributed by atoms with Crippen molar-refractivity contribution in [3.8, 4) is 5.69 Å². The van der Waals surface area contributed by atoms with E-state index >= 15 is 0 Å². The van der Waals surface area contributed by atoms with E-state index in [0.29, 0.717) is 27.5 Å². The molecule has 0 aliphatic heterocycles. The maximum atomic E-state index is 13.2. The third-order valence-corrected chi connectivity index (χ3v) is 7.83. The highest BCUT2D eigenvalue weighted by Crippen LogP contribution is 2.24. The summed E-state index contributed by atoms with van der Waals surface area (Å²) in [6, 6.07) is 23.5. The van der Waals surface area contributed by atoms with Gasteiger partial charge in [-0.25, -0.2) is 18.1 Å². The van der Waals surface area contributed by atoms with Crippen molar-refractivity contribution in [2.45, 2.75) is 36.2 Å². The summed E-state index contributed by atoms with van der Waals surface area (Å²) in [5.41, 5.74) is 2.20. The van der Waals surface area contributed by atoms with Gasteiger partial charge < -0.3 is 0 Å². The van der Waals surface area contributed by atoms with Crippen LogP contribution in [0.4, 0.5) is 0 Å². The highest BCUT2D eigenvalue weighted by molar-refractivity contribution is 7.99. The molecular formula is C26H27N3O3S2. The van der Waals surface area contributed by atoms with Crippen LogP contribution in [0.5, 0.6) is 0 Å². The minimum Gasteiger partial charge on any atom is -0.268 e. The lowest BCUT2D eigenvalue weighted by Crippen LogP contribution is -2.27. The first-order chi connectivity index (χ1) is 16.2. The zero-order valence-electron chi connectivity index (χ0n) is 19.4. The SMILES string of the molecule is CC(C)(C)c1ccc(S(=O)(=O)NCCSc2nc3ccccc3c(=O)n2-c2ccccc2)cc1. The van der Waals surface area contributed by atoms with Crippen LogP contribution in [0.1, 0.15) is 26.3 Å². The van der Waals surface area contributed by atoms with Gasteiger partial charge >= 0.3 is 0 Å². The molecule has 1 aromatic heterocycles. The number of nitrogens with one attached hydrogen (secondary N) is 1. The van der Waals surface area contributed by atoms with Gasteiger partial charge in [0.25, 0.3) is 5.56 Å². The van der Waals surface area contributed by atoms with Crippen molar-refractivity contribution in [3.05, 3.63) is 94.8 Å². The number of aromatic nitrogens is 2. The van der Waals surface area contributed by atoms with Gasteiger partial charge in [-0.15, -0.1) is 0 Å². The molecular weight excluding hydrogens is 466 g/mol. The van der Waals surface area contributed by atoms with Crippen LogP contribution in [-0.2, 0) is 15.4 Å². The summed E-state index contributed by atoms with van der Waals surface area (Å²) in [7, 11) is -3.63. The van der Waals surface area contributed by atoms with Gasteiger partial charge in [-0.3, -0.25) is 9.36 Å². The van der Waals surface area contributed by atoms with Crippen LogP contribution in [0.2, 0.25) is 0 Å². The molecule has 0 unspecified atom stereocenters. The van der Waals surface area contributed by atoms with Gasteiger partial charge in [-0.05, 0) is 47.4 Å². The lowest BCUT2D eigenvalue weighted by molar-refractivity contribution is 0.580. The van der Waals surface area contributed by atoms with E-state index in [1.807, 2.05) is 54.6 Å². The topological polar surface area (TPSA) is 81.1 Å². The first-order valence-corrected chi connectivity index (χ1v) is 13.4. The molecule has 0 aliphatic carbocycles. The van der Waals surface area contributed by atoms with Crippen molar-refractivity contribution in [2.75, 3.05) is 12.3 Å². The first-order valence-electron chi connectivity index (χ1n) is 11.0. The molecule has 0 aliphatic rings. The zero-order valence-corrected chi connectivity index (χ0v) is 21.0. The molecule has 0 amide bonds. The Morgan fingerprint density at radius 1 is 0.912 bits per heavy atom. The molecule has 176 valence electrons. The fraction of sp³-hybridized carbons (Fsp3) is 0.231. The first kappa shape index (κ1) is 24.2. The van der Waals surface area contributed by atoms with Gasteiger partial charge in [0, 0.05) is 12.3 Å². The summed E-state index contributed by atoms with van der Waals surface area (Å²) in [6.07, 6.45) is 0. The summed E-state index contributed by atoms with van der Waals surface area (Å²) < 4.78 is 29.7. The molecule has 0 fully saturated rings. The summed E-state index contributed by atoms with van der Waals surface area (Å²) in [5.74, 6) is 0.414. The summed E-state index contributed by atoms with van der Waals surface area (Å²) in [5, 5.41) is 1.05. The fourth-order valence-electron chi connectivity index (χ4n) is 3.55. The Morgan fingerprint density at radius 3 is 2.24 bits per heavy atom. The van der Waals surface area contributed by atoms with Gasteiger partial charge in [-0.2, -0.15) is 0 Å². The normalized spacial score (nSPS) is 12.2. The summed E-state index contributed by atoms with van der Waals surface area (Å²) in [6.45, 7) is 6.46. The highest BCUT2D eigenvalue weighted by atomic mass is 32.2. The molecule has 8 heteroatoms. The predicted octanol–water partition coefficient (Wildman–Crippen LogP) is 4.75. The Balaban J connectivity index is 1.52. The van der Waals surface area contributed by atoms with E-state index in [9.17, 15) is 13.2 Å². The van der Waals surface area contributed by atoms with Gasteiger partial charge in [-0.1, -0.05) is 75.0 Å². The van der Waals surface area contributed by atoms with Crippen molar-refractivity contribution >= 4 is 32.7 Å². The Labute approximate surface area is 204 Å². The molecule has 4 aromatic rings. The number of nitrogens with zero attached hydrogens (tertiary/aromatic N) is 2. The zero-order chi connectivity index (χ0) is 24.3. The van der Waals surface area contributed by atoms with Crippen LogP contribution < -0.4 is 10.3 Å². The highest BCUT2D eigenvalue weighted by Gasteiger charge is 2.18. The lowest BCUT2D eigenvalue weighted by atomic mass is 9.87. The van der Waals surface area contributed by atoms with Crippen LogP contribution in [-0.4, -0.2) is 30.3 Å². The molecule has 6 nitrogen and oxygen atoms in total. The second-order valence-electron chi connectivity index (χ2n) is 8.91. The number of hydrogen-bond acceptors (Lipinski definition) is 5. The average Bonchev–Trinajstić information content (AvgIpc) is 2.82. The number of sulfonamides is 1. The van der Waals surface area contributed by atoms with Crippen molar-refractivity contribution in [1.82, 2.24) is 14.3 Å². The minimum absolute atomic E-state index is 0.0479. The fourth-order valence-corrected chi connectivity index (χ4v) is 5.58. The van der Waals surface area contributed by atoms with E-state index in [1.54, 1.807) is 28.8 Å². The maximum Gasteiger partial charge on any atom is 0.266 e. The van der Waals surface area contributed by atoms with Crippen molar-refractivity contribution in [3.63, 3.8) is 0 Å². The monoisotopic (exact) mass is 493 g/mol. The smallest absolute Gasteiger partial charge is 0.266 e. The number of thioether (sulfide) groups is 1. The number of rotatable bonds is 7. The Hall–Kier alpha value is -2.94. The Morgan fingerprint density at radius 2 is 1.56 bits per heavy atom. The van der Waals surface area contributed by atoms with Crippen LogP contribution in [0.25, 0.3) is 16.6 Å². The third kappa shape index (κ3) is 5.24. The Bertz CT molecular complexity index is 1460. The maximum absolute atomic E-state index is 13.2. The second kappa shape index (κ2) is 9.74. The van der Waals surface area contributed by atoms with Gasteiger partial charge in [0.2, 0.25) is 10.0 Å². The molecule has 1 heterocycles. The molecule has 0 radical (unpaired) electrons. The van der Waals surface area contributed by atoms with Gasteiger partial charge in [0.1, 0.15) is 0 Å². The van der Waals surface area contributed by atoms with E-state index in [4.69, 9.17) is 0 Å². The molecule has 34 heavy (non-hydrogen) atoms. The van der Waals surface area contributed by atoms with E-state index in [0.717, 1.165) is 5.56 Å². The van der Waals surface area contributed by atoms with Crippen LogP contribution >= 0.6 is 11.8 Å². The molecule has 1 N–H and O–H groups in total. The molecule has 0 saturated carbocycles. The van der Waals surface area contributed by atoms with E-state index in [2.05, 4.69) is 30.5 Å². The standard InChI is InChI=1S/C26H27N3O3S2/c1-26(2,3)19-13-15-21(16-14-19)34(31,32)27-17-18-33-25-28-23-12-8-7-11-22(23)24(30)29(25)20-9-5-4-6-10-20/h4-16,27H,17-18H2,1-3H3. The average molecular weight is 494 g/mol. The van der Waals surface area contributed by atoms with Crippen LogP contribution in [0.3, 0.4) is 0 Å². The van der Waals surface area contributed by atoms with Gasteiger partial charge in [0.15, 0.2) is 5.16 Å². The molecule has 0 bridgehead atoms. The quantitative estimate of drug-likeness (QED) is 0.228. The summed E-state index contributed by atoms with van der Waals surface area (Å²) in [4.78, 5) is 18.1. The summed E-state index contributed by atoms with van der Waals surface area (Å²) >= 11 is 1.34. The molecule has 0 spiro atoms. The minimum atomic E-state index is -3.63. The largest absolute Gasteiger partial charge is 0.268 e. The Kier molecular flexibility index (Phi) is 6.93. The molecule has 0 atom stereocenters. The van der Waals surface area contributed by atoms with E-state index < -0.39 is 10.0 Å². The van der Waals surface area contributed by atoms with Crippen molar-refractivity contribution in [2.24, 2.45) is 0 Å². The second-order valence-corrected chi connectivity index (χ2v) is 11.7. The third-order valence-electron chi connectivity index (χ3n) is 5.42. The van der Waals surface area contributed by atoms with Crippen molar-refractivity contribution in [1.29, 1.82) is 0 Å². The number of benzene rings is 3. The number of fused-ring (bicyclic) bond motifs is 1. The molecule has 4 rings (SSSR count). The van der Waals surface area contributed by atoms with E-state index in [-0.39, 0.29) is 22.4 Å². The van der Waals surface area contributed by atoms with Gasteiger partial charge in [0.05, 0.1) is 21.5 Å². The van der Waals surface area contributed by atoms with Crippen LogP contribution in [0, 0.1) is 0 Å². The number of para-hydroxylation sites is 2. The molecule has 3 aromatic carbocycles. The predicted molar refractivity (Wildman–Crippen MR) is 138 cm³/mol. The van der Waals surface area contributed by atoms with Crippen LogP contribution in [0.15, 0.2) is 93.7 Å². The van der Waals surface area contributed by atoms with E-state index in [1.165, 1.54) is 11.8 Å².